The average Bonchev–Trinajstić information content (AvgIpc) is 3.08. The molecule has 0 radical (unpaired) electrons. The maximum atomic E-state index is 11.2. The quantitative estimate of drug-likeness (QED) is 0.642. The van der Waals surface area contributed by atoms with Gasteiger partial charge in [-0.3, -0.25) is 19.4 Å². The first-order valence-corrected chi connectivity index (χ1v) is 7.80. The van der Waals surface area contributed by atoms with Gasteiger partial charge in [-0.2, -0.15) is 5.10 Å². The van der Waals surface area contributed by atoms with Gasteiger partial charge < -0.3 is 4.74 Å². The molecule has 0 amide bonds. The van der Waals surface area contributed by atoms with Gasteiger partial charge >= 0.3 is 0 Å². The van der Waals surface area contributed by atoms with Crippen molar-refractivity contribution in [1.82, 2.24) is 19.7 Å². The topological polar surface area (TPSA) is 69.9 Å². The van der Waals surface area contributed by atoms with E-state index in [1.54, 1.807) is 12.4 Å². The zero-order valence-corrected chi connectivity index (χ0v) is 13.8. The summed E-state index contributed by atoms with van der Waals surface area (Å²) in [4.78, 5) is 19.6. The van der Waals surface area contributed by atoms with Gasteiger partial charge in [0.05, 0.1) is 28.2 Å². The van der Waals surface area contributed by atoms with Crippen molar-refractivity contribution in [2.24, 2.45) is 0 Å². The molecule has 122 valence electrons. The molecule has 24 heavy (non-hydrogen) atoms. The van der Waals surface area contributed by atoms with Gasteiger partial charge in [-0.25, -0.2) is 0 Å². The number of aromatic nitrogens is 4. The highest BCUT2D eigenvalue weighted by molar-refractivity contribution is 6.33. The summed E-state index contributed by atoms with van der Waals surface area (Å²) < 4.78 is 7.62. The molecule has 3 rings (SSSR count). The number of ether oxygens (including phenoxy) is 1. The lowest BCUT2D eigenvalue weighted by Gasteiger charge is -2.12. The van der Waals surface area contributed by atoms with Crippen LogP contribution in [-0.4, -0.2) is 26.0 Å². The first kappa shape index (κ1) is 16.1. The Hall–Kier alpha value is -2.73. The second-order valence-corrected chi connectivity index (χ2v) is 5.39. The van der Waals surface area contributed by atoms with Crippen LogP contribution in [0.15, 0.2) is 43.0 Å². The highest BCUT2D eigenvalue weighted by Crippen LogP contribution is 2.26. The molecule has 0 aliphatic rings. The third-order valence-electron chi connectivity index (χ3n) is 3.55. The highest BCUT2D eigenvalue weighted by atomic mass is 35.5. The molecule has 0 bridgehead atoms. The third-order valence-corrected chi connectivity index (χ3v) is 3.85. The number of halogens is 1. The van der Waals surface area contributed by atoms with Gasteiger partial charge in [-0.05, 0) is 19.1 Å². The van der Waals surface area contributed by atoms with Gasteiger partial charge in [0.15, 0.2) is 6.29 Å². The van der Waals surface area contributed by atoms with E-state index in [-0.39, 0.29) is 17.2 Å². The number of carbonyl (C=O) groups is 1. The number of carbonyl (C=O) groups excluding carboxylic acids is 1. The van der Waals surface area contributed by atoms with Gasteiger partial charge in [0.25, 0.3) is 0 Å². The molecule has 0 fully saturated rings. The maximum Gasteiger partial charge on any atom is 0.155 e. The number of hydrogen-bond acceptors (Lipinski definition) is 5. The Morgan fingerprint density at radius 3 is 2.96 bits per heavy atom. The summed E-state index contributed by atoms with van der Waals surface area (Å²) in [7, 11) is 0. The molecule has 0 spiro atoms. The summed E-state index contributed by atoms with van der Waals surface area (Å²) in [5.41, 5.74) is 2.87. The molecule has 0 aliphatic carbocycles. The molecule has 0 N–H and O–H groups in total. The number of aryl methyl sites for hydroxylation is 1. The molecular formula is C17H15ClN4O2. The number of aldehydes is 1. The van der Waals surface area contributed by atoms with Crippen LogP contribution in [0, 0.1) is 0 Å². The molecule has 6 nitrogen and oxygen atoms in total. The van der Waals surface area contributed by atoms with Crippen molar-refractivity contribution in [2.75, 3.05) is 0 Å². The van der Waals surface area contributed by atoms with Crippen LogP contribution in [0.25, 0.3) is 11.4 Å². The SMILES string of the molecule is CCn1nccc1-c1ncccc1COc1cncc(Cl)c1C=O. The molecule has 0 atom stereocenters. The number of rotatable bonds is 6. The minimum Gasteiger partial charge on any atom is -0.486 e. The fourth-order valence-corrected chi connectivity index (χ4v) is 2.58. The first-order valence-electron chi connectivity index (χ1n) is 7.42. The summed E-state index contributed by atoms with van der Waals surface area (Å²) in [6, 6.07) is 5.67. The molecule has 3 aromatic rings. The molecule has 0 saturated heterocycles. The average molecular weight is 343 g/mol. The fourth-order valence-electron chi connectivity index (χ4n) is 2.38. The van der Waals surface area contributed by atoms with Gasteiger partial charge in [0, 0.05) is 30.7 Å². The van der Waals surface area contributed by atoms with Crippen LogP contribution in [0.1, 0.15) is 22.8 Å². The summed E-state index contributed by atoms with van der Waals surface area (Å²) in [5.74, 6) is 0.344. The predicted molar refractivity (Wildman–Crippen MR) is 90.1 cm³/mol. The lowest BCUT2D eigenvalue weighted by Crippen LogP contribution is -2.05. The van der Waals surface area contributed by atoms with Gasteiger partial charge in [-0.1, -0.05) is 17.7 Å². The van der Waals surface area contributed by atoms with E-state index < -0.39 is 0 Å². The van der Waals surface area contributed by atoms with Crippen LogP contribution in [0.2, 0.25) is 5.02 Å². The first-order chi connectivity index (χ1) is 11.7. The third kappa shape index (κ3) is 3.14. The van der Waals surface area contributed by atoms with E-state index in [0.717, 1.165) is 23.5 Å². The van der Waals surface area contributed by atoms with Crippen LogP contribution in [0.5, 0.6) is 5.75 Å². The molecule has 0 aromatic carbocycles. The Morgan fingerprint density at radius 1 is 1.29 bits per heavy atom. The smallest absolute Gasteiger partial charge is 0.155 e. The second kappa shape index (κ2) is 7.23. The Kier molecular flexibility index (Phi) is 4.86. The van der Waals surface area contributed by atoms with Crippen molar-refractivity contribution < 1.29 is 9.53 Å². The lowest BCUT2D eigenvalue weighted by atomic mass is 10.1. The van der Waals surface area contributed by atoms with E-state index in [1.165, 1.54) is 12.4 Å². The van der Waals surface area contributed by atoms with E-state index in [2.05, 4.69) is 15.1 Å². The van der Waals surface area contributed by atoms with Crippen molar-refractivity contribution in [3.05, 3.63) is 59.1 Å². The molecule has 3 heterocycles. The van der Waals surface area contributed by atoms with Crippen LogP contribution in [0.3, 0.4) is 0 Å². The monoisotopic (exact) mass is 342 g/mol. The number of nitrogens with zero attached hydrogens (tertiary/aromatic N) is 4. The molecular weight excluding hydrogens is 328 g/mol. The van der Waals surface area contributed by atoms with Gasteiger partial charge in [0.2, 0.25) is 0 Å². The largest absolute Gasteiger partial charge is 0.486 e. The Bertz CT molecular complexity index is 863. The zero-order valence-electron chi connectivity index (χ0n) is 13.0. The molecule has 7 heteroatoms. The van der Waals surface area contributed by atoms with E-state index in [9.17, 15) is 4.79 Å². The van der Waals surface area contributed by atoms with Gasteiger partial charge in [0.1, 0.15) is 12.4 Å². The zero-order chi connectivity index (χ0) is 16.9. The normalized spacial score (nSPS) is 10.6. The van der Waals surface area contributed by atoms with E-state index in [0.29, 0.717) is 12.0 Å². The Labute approximate surface area is 144 Å². The van der Waals surface area contributed by atoms with Crippen LogP contribution < -0.4 is 4.74 Å². The molecule has 3 aromatic heterocycles. The Balaban J connectivity index is 1.90. The predicted octanol–water partition coefficient (Wildman–Crippen LogP) is 3.40. The minimum absolute atomic E-state index is 0.237. The number of hydrogen-bond donors (Lipinski definition) is 0. The second-order valence-electron chi connectivity index (χ2n) is 4.98. The number of pyridine rings is 2. The van der Waals surface area contributed by atoms with E-state index in [4.69, 9.17) is 16.3 Å². The highest BCUT2D eigenvalue weighted by Gasteiger charge is 2.13. The van der Waals surface area contributed by atoms with Crippen molar-refractivity contribution in [2.45, 2.75) is 20.1 Å². The summed E-state index contributed by atoms with van der Waals surface area (Å²) in [6.07, 6.45) is 7.01. The van der Waals surface area contributed by atoms with Crippen molar-refractivity contribution >= 4 is 17.9 Å². The summed E-state index contributed by atoms with van der Waals surface area (Å²) in [6.45, 7) is 3.00. The minimum atomic E-state index is 0.237. The molecule has 0 unspecified atom stereocenters. The summed E-state index contributed by atoms with van der Waals surface area (Å²) >= 11 is 5.97. The lowest BCUT2D eigenvalue weighted by molar-refractivity contribution is 0.111. The van der Waals surface area contributed by atoms with Crippen molar-refractivity contribution in [1.29, 1.82) is 0 Å². The van der Waals surface area contributed by atoms with Crippen LogP contribution in [-0.2, 0) is 13.2 Å². The summed E-state index contributed by atoms with van der Waals surface area (Å²) in [5, 5.41) is 4.53. The maximum absolute atomic E-state index is 11.2. The van der Waals surface area contributed by atoms with Crippen LogP contribution >= 0.6 is 11.6 Å². The van der Waals surface area contributed by atoms with Crippen molar-refractivity contribution in [3.8, 4) is 17.1 Å². The molecule has 0 saturated carbocycles. The van der Waals surface area contributed by atoms with E-state index >= 15 is 0 Å². The Morgan fingerprint density at radius 2 is 2.17 bits per heavy atom. The van der Waals surface area contributed by atoms with Gasteiger partial charge in [-0.15, -0.1) is 0 Å². The fraction of sp³-hybridized carbons (Fsp3) is 0.176. The van der Waals surface area contributed by atoms with Crippen molar-refractivity contribution in [3.63, 3.8) is 0 Å². The van der Waals surface area contributed by atoms with Crippen LogP contribution in [0.4, 0.5) is 0 Å². The standard InChI is InChI=1S/C17H15ClN4O2/c1-2-22-15(5-7-21-22)17-12(4-3-6-20-17)11-24-16-9-19-8-14(18)13(16)10-23/h3-10H,2,11H2,1H3. The van der Waals surface area contributed by atoms with E-state index in [1.807, 2.05) is 29.8 Å². The molecule has 0 aliphatic heterocycles.